The van der Waals surface area contributed by atoms with E-state index >= 15 is 0 Å². The minimum absolute atomic E-state index is 0.323. The van der Waals surface area contributed by atoms with E-state index in [4.69, 9.17) is 11.6 Å². The van der Waals surface area contributed by atoms with E-state index in [0.717, 1.165) is 20.0 Å². The summed E-state index contributed by atoms with van der Waals surface area (Å²) in [5, 5.41) is -0.338. The fourth-order valence-electron chi connectivity index (χ4n) is 2.24. The molecule has 3 rings (SSSR count). The predicted octanol–water partition coefficient (Wildman–Crippen LogP) is 5.99. The van der Waals surface area contributed by atoms with E-state index in [-0.39, 0.29) is 11.2 Å². The van der Waals surface area contributed by atoms with Crippen molar-refractivity contribution in [2.24, 2.45) is 0 Å². The molecule has 0 fully saturated rings. The molecular formula is C15H10Br2ClFN2. The van der Waals surface area contributed by atoms with E-state index in [2.05, 4.69) is 36.8 Å². The third-order valence-electron chi connectivity index (χ3n) is 3.15. The smallest absolute Gasteiger partial charge is 0.147 e. The Morgan fingerprint density at radius 3 is 2.52 bits per heavy atom. The molecule has 0 aliphatic rings. The van der Waals surface area contributed by atoms with Gasteiger partial charge in [-0.3, -0.25) is 4.57 Å². The van der Waals surface area contributed by atoms with Crippen LogP contribution in [0.1, 0.15) is 18.1 Å². The third-order valence-corrected chi connectivity index (χ3v) is 4.33. The number of aromatic nitrogens is 2. The Balaban J connectivity index is 2.41. The SMILES string of the molecule is CC(Cl)c1nc2ccc(Br)cc2n1-c1cc(Br)ccc1F. The van der Waals surface area contributed by atoms with Crippen LogP contribution in [0.5, 0.6) is 0 Å². The zero-order chi connectivity index (χ0) is 15.1. The number of hydrogen-bond donors (Lipinski definition) is 0. The Morgan fingerprint density at radius 1 is 1.14 bits per heavy atom. The first-order chi connectivity index (χ1) is 9.97. The number of rotatable bonds is 2. The average Bonchev–Trinajstić information content (AvgIpc) is 2.80. The predicted molar refractivity (Wildman–Crippen MR) is 90.7 cm³/mol. The lowest BCUT2D eigenvalue weighted by atomic mass is 10.2. The van der Waals surface area contributed by atoms with Crippen molar-refractivity contribution in [3.05, 3.63) is 57.0 Å². The molecule has 1 unspecified atom stereocenters. The van der Waals surface area contributed by atoms with E-state index in [1.54, 1.807) is 16.7 Å². The van der Waals surface area contributed by atoms with Crippen LogP contribution in [0.2, 0.25) is 0 Å². The molecule has 21 heavy (non-hydrogen) atoms. The molecular weight excluding hydrogens is 422 g/mol. The molecule has 3 aromatic rings. The quantitative estimate of drug-likeness (QED) is 0.455. The second-order valence-electron chi connectivity index (χ2n) is 4.65. The summed E-state index contributed by atoms with van der Waals surface area (Å²) in [5.41, 5.74) is 2.01. The molecule has 1 aromatic heterocycles. The van der Waals surface area contributed by atoms with Crippen molar-refractivity contribution >= 4 is 54.5 Å². The molecule has 0 aliphatic heterocycles. The Hall–Kier alpha value is -0.910. The van der Waals surface area contributed by atoms with Gasteiger partial charge in [0.1, 0.15) is 11.6 Å². The second-order valence-corrected chi connectivity index (χ2v) is 7.14. The largest absolute Gasteiger partial charge is 0.292 e. The van der Waals surface area contributed by atoms with Gasteiger partial charge in [0.15, 0.2) is 0 Å². The standard InChI is InChI=1S/C15H10Br2ClFN2/c1-8(18)15-20-12-5-3-10(17)7-14(12)21(15)13-6-9(16)2-4-11(13)19/h2-8H,1H3. The fourth-order valence-corrected chi connectivity index (χ4v) is 3.09. The maximum atomic E-state index is 14.3. The first-order valence-corrected chi connectivity index (χ1v) is 8.27. The Morgan fingerprint density at radius 2 is 1.81 bits per heavy atom. The molecule has 0 saturated carbocycles. The molecule has 0 N–H and O–H groups in total. The van der Waals surface area contributed by atoms with Crippen molar-refractivity contribution in [1.29, 1.82) is 0 Å². The lowest BCUT2D eigenvalue weighted by molar-refractivity contribution is 0.616. The maximum absolute atomic E-state index is 14.3. The van der Waals surface area contributed by atoms with Gasteiger partial charge in [-0.15, -0.1) is 11.6 Å². The van der Waals surface area contributed by atoms with Gasteiger partial charge in [0.25, 0.3) is 0 Å². The van der Waals surface area contributed by atoms with Crippen LogP contribution in [0, 0.1) is 5.82 Å². The van der Waals surface area contributed by atoms with Crippen LogP contribution in [0.25, 0.3) is 16.7 Å². The third kappa shape index (κ3) is 2.74. The molecule has 2 aromatic carbocycles. The average molecular weight is 433 g/mol. The summed E-state index contributed by atoms with van der Waals surface area (Å²) < 4.78 is 17.7. The highest BCUT2D eigenvalue weighted by Gasteiger charge is 2.19. The molecule has 0 radical (unpaired) electrons. The Kier molecular flexibility index (Phi) is 4.08. The fraction of sp³-hybridized carbons (Fsp3) is 0.133. The molecule has 0 bridgehead atoms. The molecule has 2 nitrogen and oxygen atoms in total. The van der Waals surface area contributed by atoms with E-state index in [0.29, 0.717) is 11.5 Å². The summed E-state index contributed by atoms with van der Waals surface area (Å²) in [6.07, 6.45) is 0. The Bertz CT molecular complexity index is 830. The van der Waals surface area contributed by atoms with E-state index in [1.165, 1.54) is 6.07 Å². The van der Waals surface area contributed by atoms with Crippen LogP contribution in [-0.4, -0.2) is 9.55 Å². The van der Waals surface area contributed by atoms with Crippen molar-refractivity contribution in [3.8, 4) is 5.69 Å². The monoisotopic (exact) mass is 430 g/mol. The van der Waals surface area contributed by atoms with Crippen molar-refractivity contribution in [2.45, 2.75) is 12.3 Å². The van der Waals surface area contributed by atoms with Gasteiger partial charge in [-0.05, 0) is 43.3 Å². The van der Waals surface area contributed by atoms with Gasteiger partial charge in [-0.1, -0.05) is 31.9 Å². The summed E-state index contributed by atoms with van der Waals surface area (Å²) in [4.78, 5) is 4.53. The van der Waals surface area contributed by atoms with Gasteiger partial charge in [-0.2, -0.15) is 0 Å². The second kappa shape index (κ2) is 5.71. The number of alkyl halides is 1. The van der Waals surface area contributed by atoms with Crippen LogP contribution < -0.4 is 0 Å². The molecule has 0 saturated heterocycles. The van der Waals surface area contributed by atoms with Crippen LogP contribution in [0.3, 0.4) is 0 Å². The van der Waals surface area contributed by atoms with Crippen LogP contribution in [-0.2, 0) is 0 Å². The van der Waals surface area contributed by atoms with Crippen molar-refractivity contribution in [3.63, 3.8) is 0 Å². The van der Waals surface area contributed by atoms with Crippen LogP contribution in [0.4, 0.5) is 4.39 Å². The van der Waals surface area contributed by atoms with E-state index < -0.39 is 0 Å². The molecule has 0 amide bonds. The summed E-state index contributed by atoms with van der Waals surface area (Å²) >= 11 is 13.1. The summed E-state index contributed by atoms with van der Waals surface area (Å²) in [5.74, 6) is 0.290. The molecule has 1 heterocycles. The zero-order valence-corrected chi connectivity index (χ0v) is 14.9. The lowest BCUT2D eigenvalue weighted by Crippen LogP contribution is -2.04. The summed E-state index contributed by atoms with van der Waals surface area (Å²) in [6, 6.07) is 10.5. The molecule has 108 valence electrons. The highest BCUT2D eigenvalue weighted by Crippen LogP contribution is 2.31. The minimum atomic E-state index is -0.338. The first kappa shape index (κ1) is 15.0. The molecule has 0 spiro atoms. The van der Waals surface area contributed by atoms with Crippen LogP contribution in [0.15, 0.2) is 45.3 Å². The van der Waals surface area contributed by atoms with E-state index in [9.17, 15) is 4.39 Å². The Labute approximate surface area is 143 Å². The molecule has 1 atom stereocenters. The van der Waals surface area contributed by atoms with Gasteiger partial charge in [0.05, 0.1) is 22.1 Å². The summed E-state index contributed by atoms with van der Waals surface area (Å²) in [6.45, 7) is 1.82. The number of hydrogen-bond acceptors (Lipinski definition) is 1. The lowest BCUT2D eigenvalue weighted by Gasteiger charge is -2.12. The number of imidazole rings is 1. The maximum Gasteiger partial charge on any atom is 0.147 e. The molecule has 0 aliphatic carbocycles. The minimum Gasteiger partial charge on any atom is -0.292 e. The number of benzene rings is 2. The van der Waals surface area contributed by atoms with Crippen molar-refractivity contribution in [1.82, 2.24) is 9.55 Å². The normalized spacial score (nSPS) is 12.8. The van der Waals surface area contributed by atoms with E-state index in [1.807, 2.05) is 25.1 Å². The van der Waals surface area contributed by atoms with Gasteiger partial charge in [0.2, 0.25) is 0 Å². The van der Waals surface area contributed by atoms with Crippen LogP contribution >= 0.6 is 43.5 Å². The topological polar surface area (TPSA) is 17.8 Å². The first-order valence-electron chi connectivity index (χ1n) is 6.25. The highest BCUT2D eigenvalue weighted by atomic mass is 79.9. The number of nitrogens with zero attached hydrogens (tertiary/aromatic N) is 2. The van der Waals surface area contributed by atoms with Gasteiger partial charge in [0, 0.05) is 8.95 Å². The van der Waals surface area contributed by atoms with Gasteiger partial charge < -0.3 is 0 Å². The number of halogens is 4. The van der Waals surface area contributed by atoms with Crippen molar-refractivity contribution in [2.75, 3.05) is 0 Å². The number of fused-ring (bicyclic) bond motifs is 1. The van der Waals surface area contributed by atoms with Gasteiger partial charge >= 0.3 is 0 Å². The van der Waals surface area contributed by atoms with Gasteiger partial charge in [-0.25, -0.2) is 9.37 Å². The molecule has 6 heteroatoms. The highest BCUT2D eigenvalue weighted by molar-refractivity contribution is 9.10. The summed E-state index contributed by atoms with van der Waals surface area (Å²) in [7, 11) is 0. The van der Waals surface area contributed by atoms with Crippen molar-refractivity contribution < 1.29 is 4.39 Å². The zero-order valence-electron chi connectivity index (χ0n) is 10.9.